The average molecular weight is 758 g/mol. The van der Waals surface area contributed by atoms with Crippen molar-refractivity contribution in [3.8, 4) is 0 Å². The van der Waals surface area contributed by atoms with Gasteiger partial charge in [-0.1, -0.05) is 121 Å². The highest BCUT2D eigenvalue weighted by Gasteiger charge is 2.39. The van der Waals surface area contributed by atoms with Gasteiger partial charge in [-0.15, -0.1) is 6.58 Å². The molecule has 1 aliphatic heterocycles. The van der Waals surface area contributed by atoms with Crippen molar-refractivity contribution in [3.63, 3.8) is 0 Å². The summed E-state index contributed by atoms with van der Waals surface area (Å²) in [6.07, 6.45) is 9.59. The Balaban J connectivity index is -0.000000851. The zero-order valence-corrected chi connectivity index (χ0v) is 36.3. The summed E-state index contributed by atoms with van der Waals surface area (Å²) in [6, 6.07) is -1.49. The molecule has 4 atom stereocenters. The van der Waals surface area contributed by atoms with E-state index in [2.05, 4.69) is 94.4 Å². The molecule has 1 saturated carbocycles. The summed E-state index contributed by atoms with van der Waals surface area (Å²) in [5.41, 5.74) is -0.495. The van der Waals surface area contributed by atoms with Crippen LogP contribution in [0.4, 0.5) is 4.79 Å². The normalized spacial score (nSPS) is 16.8. The van der Waals surface area contributed by atoms with Crippen molar-refractivity contribution in [2.45, 2.75) is 153 Å². The minimum atomic E-state index is -0.790. The molecule has 1 saturated heterocycles. The van der Waals surface area contributed by atoms with Crippen molar-refractivity contribution >= 4 is 42.9 Å². The van der Waals surface area contributed by atoms with Crippen molar-refractivity contribution in [2.24, 2.45) is 16.7 Å². The Morgan fingerprint density at radius 2 is 1.50 bits per heavy atom. The number of urea groups is 1. The van der Waals surface area contributed by atoms with Crippen LogP contribution in [0.25, 0.3) is 0 Å². The predicted molar refractivity (Wildman–Crippen MR) is 220 cm³/mol. The van der Waals surface area contributed by atoms with Crippen LogP contribution in [0.3, 0.4) is 0 Å². The van der Waals surface area contributed by atoms with Crippen LogP contribution >= 0.6 is 12.8 Å². The first-order chi connectivity index (χ1) is 24.2. The number of carbonyl (C=O) groups is 5. The minimum absolute atomic E-state index is 0.0138. The molecular weight excluding hydrogens is 679 g/mol. The zero-order chi connectivity index (χ0) is 41.1. The van der Waals surface area contributed by atoms with Gasteiger partial charge in [0.15, 0.2) is 0 Å². The smallest absolute Gasteiger partial charge is 0.315 e. The number of likely N-dealkylation sites (tertiary alicyclic amines) is 1. The summed E-state index contributed by atoms with van der Waals surface area (Å²) in [7, 11) is 1.91. The third kappa shape index (κ3) is 25.4. The molecule has 4 unspecified atom stereocenters. The highest BCUT2D eigenvalue weighted by atomic mass is 32.1. The molecule has 2 rings (SSSR count). The van der Waals surface area contributed by atoms with Gasteiger partial charge in [0.2, 0.25) is 18.1 Å². The van der Waals surface area contributed by atoms with E-state index in [1.54, 1.807) is 0 Å². The van der Waals surface area contributed by atoms with E-state index in [-0.39, 0.29) is 41.4 Å². The van der Waals surface area contributed by atoms with E-state index in [1.165, 1.54) is 38.7 Å². The summed E-state index contributed by atoms with van der Waals surface area (Å²) >= 11 is 4.24. The monoisotopic (exact) mass is 758 g/mol. The van der Waals surface area contributed by atoms with Gasteiger partial charge in [0.05, 0.1) is 6.04 Å². The lowest BCUT2D eigenvalue weighted by atomic mass is 9.85. The largest absolute Gasteiger partial charge is 0.349 e. The quantitative estimate of drug-likeness (QED) is 0.0435. The number of thiol groups is 1. The molecule has 13 heteroatoms. The number of amides is 5. The van der Waals surface area contributed by atoms with Gasteiger partial charge < -0.3 is 31.5 Å². The predicted octanol–water partition coefficient (Wildman–Crippen LogP) is 5.73. The maximum atomic E-state index is 13.2. The molecule has 0 aromatic carbocycles. The van der Waals surface area contributed by atoms with Gasteiger partial charge >= 0.3 is 6.03 Å². The standard InChI is InChI=1S/C21H43N5O2S.C8H12N2O3.C5H10.C3H8.C2H6/c1-15-10-9-12-26(15)18(27)17(21(5,6)7)24-19(28)23-16(20(2,3)4)14-22-11-13-25(8)29;1-3-4-9-8(13)7(12)6(2)10-5-11;1-5-3-2-4-5;1-3-2;1-2/h15-17,22,29H,9-14H2,1-8H3,(H2,23,24,28);3,5-6H,1,4H2,2H3,(H,9,13)(H,10,11);5H,2-4H2,1H3;3H2,1-2H3;1-2H3. The number of carbonyl (C=O) groups excluding carboxylic acids is 5. The van der Waals surface area contributed by atoms with E-state index in [1.807, 2.05) is 50.9 Å². The lowest BCUT2D eigenvalue weighted by Gasteiger charge is -2.37. The third-order valence-corrected chi connectivity index (χ3v) is 8.47. The number of Topliss-reactive ketones (excluding diaryl/α,β-unsaturated/α-hetero) is 1. The van der Waals surface area contributed by atoms with Gasteiger partial charge in [-0.05, 0) is 50.5 Å². The van der Waals surface area contributed by atoms with Gasteiger partial charge in [0.1, 0.15) is 6.04 Å². The second-order valence-corrected chi connectivity index (χ2v) is 16.2. The Kier molecular flexibility index (Phi) is 30.8. The van der Waals surface area contributed by atoms with Crippen molar-refractivity contribution < 1.29 is 24.0 Å². The van der Waals surface area contributed by atoms with Crippen LogP contribution in [0.5, 0.6) is 0 Å². The highest BCUT2D eigenvalue weighted by Crippen LogP contribution is 2.26. The van der Waals surface area contributed by atoms with Crippen molar-refractivity contribution in [1.82, 2.24) is 35.8 Å². The number of hydrogen-bond acceptors (Lipinski definition) is 8. The van der Waals surface area contributed by atoms with Crippen LogP contribution in [0, 0.1) is 16.7 Å². The van der Waals surface area contributed by atoms with Crippen molar-refractivity contribution in [3.05, 3.63) is 12.7 Å². The van der Waals surface area contributed by atoms with Gasteiger partial charge in [0.25, 0.3) is 5.91 Å². The van der Waals surface area contributed by atoms with Crippen molar-refractivity contribution in [1.29, 1.82) is 0 Å². The number of hydrogen-bond donors (Lipinski definition) is 6. The van der Waals surface area contributed by atoms with Gasteiger partial charge in [-0.25, -0.2) is 4.79 Å². The van der Waals surface area contributed by atoms with E-state index < -0.39 is 23.8 Å². The minimum Gasteiger partial charge on any atom is -0.349 e. The molecule has 2 fully saturated rings. The van der Waals surface area contributed by atoms with E-state index >= 15 is 0 Å². The van der Waals surface area contributed by atoms with E-state index in [0.29, 0.717) is 13.0 Å². The average Bonchev–Trinajstić information content (AvgIpc) is 3.48. The van der Waals surface area contributed by atoms with Crippen LogP contribution in [-0.2, 0) is 19.2 Å². The molecule has 2 aliphatic rings. The number of nitrogens with zero attached hydrogens (tertiary/aromatic N) is 2. The Bertz CT molecular complexity index is 1010. The van der Waals surface area contributed by atoms with Gasteiger partial charge in [0, 0.05) is 44.8 Å². The number of rotatable bonds is 14. The second kappa shape index (κ2) is 29.8. The fourth-order valence-electron chi connectivity index (χ4n) is 4.71. The number of nitrogens with one attached hydrogen (secondary N) is 5. The lowest BCUT2D eigenvalue weighted by Crippen LogP contribution is -2.60. The van der Waals surface area contributed by atoms with Crippen LogP contribution in [-0.4, -0.2) is 103 Å². The molecule has 0 aromatic heterocycles. The summed E-state index contributed by atoms with van der Waals surface area (Å²) in [5.74, 6) is -0.314. The highest BCUT2D eigenvalue weighted by molar-refractivity contribution is 7.77. The van der Waals surface area contributed by atoms with Crippen LogP contribution in [0.1, 0.15) is 129 Å². The summed E-state index contributed by atoms with van der Waals surface area (Å²) in [5, 5.41) is 13.9. The Morgan fingerprint density at radius 3 is 1.87 bits per heavy atom. The maximum Gasteiger partial charge on any atom is 0.315 e. The lowest BCUT2D eigenvalue weighted by molar-refractivity contribution is -0.139. The van der Waals surface area contributed by atoms with Crippen molar-refractivity contribution in [2.75, 3.05) is 39.8 Å². The molecule has 1 heterocycles. The zero-order valence-electron chi connectivity index (χ0n) is 35.4. The molecule has 306 valence electrons. The van der Waals surface area contributed by atoms with Crippen LogP contribution < -0.4 is 26.6 Å². The Hall–Kier alpha value is -2.64. The molecule has 12 nitrogen and oxygen atoms in total. The Labute approximate surface area is 323 Å². The summed E-state index contributed by atoms with van der Waals surface area (Å²) in [4.78, 5) is 59.9. The molecule has 5 amide bonds. The van der Waals surface area contributed by atoms with Crippen LogP contribution in [0.2, 0.25) is 0 Å². The number of ketones is 1. The van der Waals surface area contributed by atoms with Crippen LogP contribution in [0.15, 0.2) is 12.7 Å². The Morgan fingerprint density at radius 1 is 0.962 bits per heavy atom. The molecule has 0 spiro atoms. The number of likely N-dealkylation sites (N-methyl/N-ethyl adjacent to an activating group) is 1. The maximum absolute atomic E-state index is 13.2. The molecule has 1 aliphatic carbocycles. The van der Waals surface area contributed by atoms with E-state index in [9.17, 15) is 24.0 Å². The first-order valence-corrected chi connectivity index (χ1v) is 19.7. The second-order valence-electron chi connectivity index (χ2n) is 15.6. The fraction of sp³-hybridized carbons (Fsp3) is 0.821. The molecule has 0 aromatic rings. The molecule has 5 N–H and O–H groups in total. The fourth-order valence-corrected chi connectivity index (χ4v) is 4.81. The molecule has 0 radical (unpaired) electrons. The topological polar surface area (TPSA) is 152 Å². The van der Waals surface area contributed by atoms with Gasteiger partial charge in [-0.2, -0.15) is 0 Å². The SMILES string of the molecule is C=CCNC(=O)C(=O)C(C)NC=O.CC.CC1CCC1.CC1CCCN1C(=O)C(NC(=O)NC(CNCCN(C)S)C(C)(C)C)C(C)(C)C.CCC. The van der Waals surface area contributed by atoms with Gasteiger partial charge in [-0.3, -0.25) is 23.5 Å². The van der Waals surface area contributed by atoms with E-state index in [4.69, 9.17) is 0 Å². The van der Waals surface area contributed by atoms with E-state index in [0.717, 1.165) is 38.4 Å². The third-order valence-electron chi connectivity index (χ3n) is 8.27. The summed E-state index contributed by atoms with van der Waals surface area (Å²) in [6.45, 7) is 33.0. The molecule has 52 heavy (non-hydrogen) atoms. The first-order valence-electron chi connectivity index (χ1n) is 19.3. The first kappa shape index (κ1) is 53.7. The molecule has 0 bridgehead atoms. The summed E-state index contributed by atoms with van der Waals surface area (Å²) < 4.78 is 1.82. The molecular formula is C39H79N7O5S.